The van der Waals surface area contributed by atoms with Crippen LogP contribution in [0.2, 0.25) is 0 Å². The van der Waals surface area contributed by atoms with E-state index in [1.807, 2.05) is 6.92 Å². The molecule has 7 heteroatoms. The van der Waals surface area contributed by atoms with Crippen LogP contribution < -0.4 is 10.6 Å². The first-order valence-electron chi connectivity index (χ1n) is 10.6. The van der Waals surface area contributed by atoms with Crippen molar-refractivity contribution in [3.8, 4) is 71.5 Å². The van der Waals surface area contributed by atoms with Crippen LogP contribution in [0.1, 0.15) is 52.4 Å². The number of nitrogens with one attached hydrogen (secondary N) is 2. The molecule has 0 aliphatic heterocycles. The molecule has 0 saturated carbocycles. The SMILES string of the molecule is C#CC#CC#CC#CC#CC#CC(=O)NC(CCC(=O)NCCCCC(CC)C(C)=O)C(=O)O. The van der Waals surface area contributed by atoms with Gasteiger partial charge in [-0.15, -0.1) is 6.42 Å². The Morgan fingerprint density at radius 3 is 2.00 bits per heavy atom. The number of terminal acetylenes is 1. The lowest BCUT2D eigenvalue weighted by molar-refractivity contribution is -0.141. The highest BCUT2D eigenvalue weighted by Gasteiger charge is 2.20. The molecule has 0 aromatic heterocycles. The number of rotatable bonds is 12. The van der Waals surface area contributed by atoms with Gasteiger partial charge in [-0.3, -0.25) is 14.4 Å². The van der Waals surface area contributed by atoms with Gasteiger partial charge in [-0.05, 0) is 91.8 Å². The van der Waals surface area contributed by atoms with Gasteiger partial charge < -0.3 is 15.7 Å². The smallest absolute Gasteiger partial charge is 0.326 e. The average Bonchev–Trinajstić information content (AvgIpc) is 2.79. The molecule has 2 amide bonds. The number of carboxylic acids is 1. The van der Waals surface area contributed by atoms with E-state index in [9.17, 15) is 24.3 Å². The molecule has 0 aromatic rings. The van der Waals surface area contributed by atoms with Crippen molar-refractivity contribution in [2.75, 3.05) is 6.54 Å². The third-order valence-electron chi connectivity index (χ3n) is 4.38. The van der Waals surface area contributed by atoms with Crippen LogP contribution in [0.5, 0.6) is 0 Å². The fraction of sp³-hybridized carbons (Fsp3) is 0.407. The van der Waals surface area contributed by atoms with Crippen molar-refractivity contribution in [1.82, 2.24) is 10.6 Å². The Morgan fingerprint density at radius 1 is 0.882 bits per heavy atom. The number of carbonyl (C=O) groups is 4. The van der Waals surface area contributed by atoms with Crippen LogP contribution in [0.3, 0.4) is 0 Å². The van der Waals surface area contributed by atoms with Gasteiger partial charge in [0.2, 0.25) is 5.91 Å². The minimum Gasteiger partial charge on any atom is -0.480 e. The van der Waals surface area contributed by atoms with Gasteiger partial charge in [0.05, 0.1) is 0 Å². The molecule has 174 valence electrons. The molecule has 0 aromatic carbocycles. The number of hydrogen-bond acceptors (Lipinski definition) is 4. The lowest BCUT2D eigenvalue weighted by atomic mass is 9.95. The molecular formula is C27H26N2O5. The second-order valence-electron chi connectivity index (χ2n) is 6.86. The third kappa shape index (κ3) is 16.2. The lowest BCUT2D eigenvalue weighted by Crippen LogP contribution is -2.41. The molecule has 0 saturated heterocycles. The van der Waals surface area contributed by atoms with E-state index in [2.05, 4.69) is 75.8 Å². The molecule has 0 aliphatic carbocycles. The maximum atomic E-state index is 11.9. The van der Waals surface area contributed by atoms with Crippen molar-refractivity contribution >= 4 is 23.6 Å². The first kappa shape index (κ1) is 29.4. The van der Waals surface area contributed by atoms with Crippen LogP contribution in [0, 0.1) is 77.5 Å². The second kappa shape index (κ2) is 19.1. The maximum absolute atomic E-state index is 11.9. The molecule has 0 rings (SSSR count). The van der Waals surface area contributed by atoms with Crippen molar-refractivity contribution in [2.24, 2.45) is 5.92 Å². The summed E-state index contributed by atoms with van der Waals surface area (Å²) in [5, 5.41) is 14.2. The summed E-state index contributed by atoms with van der Waals surface area (Å²) in [5.74, 6) is 23.1. The zero-order valence-electron chi connectivity index (χ0n) is 19.3. The number of ketones is 1. The number of hydrogen-bond donors (Lipinski definition) is 3. The predicted molar refractivity (Wildman–Crippen MR) is 128 cm³/mol. The highest BCUT2D eigenvalue weighted by Crippen LogP contribution is 2.13. The van der Waals surface area contributed by atoms with Crippen molar-refractivity contribution in [2.45, 2.75) is 58.4 Å². The van der Waals surface area contributed by atoms with Crippen molar-refractivity contribution in [1.29, 1.82) is 0 Å². The maximum Gasteiger partial charge on any atom is 0.326 e. The van der Waals surface area contributed by atoms with E-state index >= 15 is 0 Å². The highest BCUT2D eigenvalue weighted by atomic mass is 16.4. The van der Waals surface area contributed by atoms with Crippen LogP contribution >= 0.6 is 0 Å². The molecule has 0 heterocycles. The predicted octanol–water partition coefficient (Wildman–Crippen LogP) is 0.888. The zero-order valence-corrected chi connectivity index (χ0v) is 19.3. The monoisotopic (exact) mass is 458 g/mol. The molecule has 0 radical (unpaired) electrons. The van der Waals surface area contributed by atoms with Gasteiger partial charge in [-0.1, -0.05) is 13.3 Å². The number of carboxylic acid groups (broad SMARTS) is 1. The van der Waals surface area contributed by atoms with E-state index in [1.54, 1.807) is 6.92 Å². The van der Waals surface area contributed by atoms with Gasteiger partial charge in [-0.2, -0.15) is 0 Å². The molecule has 2 atom stereocenters. The van der Waals surface area contributed by atoms with Crippen LogP contribution in [0.15, 0.2) is 0 Å². The Hall–Kier alpha value is -4.56. The molecule has 0 spiro atoms. The molecule has 0 bridgehead atoms. The van der Waals surface area contributed by atoms with Gasteiger partial charge in [0.25, 0.3) is 5.91 Å². The third-order valence-corrected chi connectivity index (χ3v) is 4.38. The van der Waals surface area contributed by atoms with E-state index in [4.69, 9.17) is 6.42 Å². The number of Topliss-reactive ketones (excluding diaryl/α,β-unsaturated/α-hetero) is 1. The largest absolute Gasteiger partial charge is 0.480 e. The summed E-state index contributed by atoms with van der Waals surface area (Å²) in [4.78, 5) is 46.4. The quantitative estimate of drug-likeness (QED) is 0.297. The van der Waals surface area contributed by atoms with Crippen LogP contribution in [0.25, 0.3) is 0 Å². The summed E-state index contributed by atoms with van der Waals surface area (Å²) in [6, 6.07) is -1.26. The minimum atomic E-state index is -1.28. The summed E-state index contributed by atoms with van der Waals surface area (Å²) in [6.45, 7) is 3.99. The average molecular weight is 459 g/mol. The van der Waals surface area contributed by atoms with Gasteiger partial charge in [0.1, 0.15) is 11.8 Å². The molecule has 34 heavy (non-hydrogen) atoms. The molecular weight excluding hydrogens is 432 g/mol. The van der Waals surface area contributed by atoms with E-state index in [0.717, 1.165) is 25.7 Å². The number of unbranched alkanes of at least 4 members (excludes halogenated alkanes) is 1. The normalized spacial score (nSPS) is 10.0. The molecule has 7 nitrogen and oxygen atoms in total. The van der Waals surface area contributed by atoms with Gasteiger partial charge in [0.15, 0.2) is 0 Å². The topological polar surface area (TPSA) is 113 Å². The fourth-order valence-corrected chi connectivity index (χ4v) is 2.60. The lowest BCUT2D eigenvalue weighted by Gasteiger charge is -2.13. The van der Waals surface area contributed by atoms with Crippen LogP contribution in [0.4, 0.5) is 0 Å². The Labute approximate surface area is 201 Å². The van der Waals surface area contributed by atoms with E-state index in [1.165, 1.54) is 0 Å². The van der Waals surface area contributed by atoms with E-state index in [0.29, 0.717) is 6.54 Å². The zero-order chi connectivity index (χ0) is 25.6. The highest BCUT2D eigenvalue weighted by molar-refractivity contribution is 5.96. The molecule has 3 N–H and O–H groups in total. The number of carbonyl (C=O) groups excluding carboxylic acids is 3. The Morgan fingerprint density at radius 2 is 1.47 bits per heavy atom. The van der Waals surface area contributed by atoms with Gasteiger partial charge >= 0.3 is 5.97 Å². The number of amides is 2. The van der Waals surface area contributed by atoms with Crippen molar-refractivity contribution in [3.63, 3.8) is 0 Å². The Kier molecular flexibility index (Phi) is 16.6. The molecule has 2 unspecified atom stereocenters. The van der Waals surface area contributed by atoms with E-state index in [-0.39, 0.29) is 30.4 Å². The van der Waals surface area contributed by atoms with Crippen LogP contribution in [-0.2, 0) is 19.2 Å². The summed E-state index contributed by atoms with van der Waals surface area (Å²) in [6.07, 6.45) is 7.87. The molecule has 0 fully saturated rings. The summed E-state index contributed by atoms with van der Waals surface area (Å²) >= 11 is 0. The first-order valence-corrected chi connectivity index (χ1v) is 10.6. The molecule has 0 aliphatic rings. The van der Waals surface area contributed by atoms with Crippen molar-refractivity contribution < 1.29 is 24.3 Å². The van der Waals surface area contributed by atoms with Crippen LogP contribution in [-0.4, -0.2) is 41.3 Å². The summed E-state index contributed by atoms with van der Waals surface area (Å²) < 4.78 is 0. The second-order valence-corrected chi connectivity index (χ2v) is 6.86. The fourth-order valence-electron chi connectivity index (χ4n) is 2.60. The summed E-state index contributed by atoms with van der Waals surface area (Å²) in [5.41, 5.74) is 0. The minimum absolute atomic E-state index is 0.0526. The van der Waals surface area contributed by atoms with E-state index < -0.39 is 17.9 Å². The van der Waals surface area contributed by atoms with Crippen molar-refractivity contribution in [3.05, 3.63) is 0 Å². The standard InChI is InChI=1S/C27H26N2O5/c1-4-6-7-8-9-10-11-12-13-14-18-26(32)29-24(27(33)34)19-20-25(31)28-21-16-15-17-23(5-2)22(3)30/h1,23-24H,5,15-17,19-21H2,2-3H3,(H,28,31)(H,29,32)(H,33,34). The van der Waals surface area contributed by atoms with Gasteiger partial charge in [0, 0.05) is 24.8 Å². The summed E-state index contributed by atoms with van der Waals surface area (Å²) in [7, 11) is 0. The number of aliphatic carboxylic acids is 1. The first-order chi connectivity index (χ1) is 16.3. The Bertz CT molecular complexity index is 1100. The van der Waals surface area contributed by atoms with Gasteiger partial charge in [-0.25, -0.2) is 4.79 Å². The Balaban J connectivity index is 4.42.